The van der Waals surface area contributed by atoms with Gasteiger partial charge in [0, 0.05) is 51.2 Å². The molecule has 2 atom stereocenters. The minimum atomic E-state index is 0.0305. The molecule has 2 unspecified atom stereocenters. The zero-order valence-corrected chi connectivity index (χ0v) is 12.9. The minimum absolute atomic E-state index is 0.0305. The molecule has 5 nitrogen and oxygen atoms in total. The van der Waals surface area contributed by atoms with Crippen LogP contribution in [0.1, 0.15) is 24.3 Å². The van der Waals surface area contributed by atoms with Gasteiger partial charge < -0.3 is 15.1 Å². The smallest absolute Gasteiger partial charge is 0.272 e. The molecule has 2 saturated heterocycles. The summed E-state index contributed by atoms with van der Waals surface area (Å²) in [5.41, 5.74) is 1.70. The number of aromatic nitrogens is 1. The second kappa shape index (κ2) is 6.02. The highest BCUT2D eigenvalue weighted by molar-refractivity contribution is 5.93. The molecule has 3 rings (SSSR count). The van der Waals surface area contributed by atoms with Crippen molar-refractivity contribution in [2.75, 3.05) is 44.2 Å². The van der Waals surface area contributed by atoms with Crippen molar-refractivity contribution in [2.45, 2.75) is 13.8 Å². The second-order valence-electron chi connectivity index (χ2n) is 5.96. The van der Waals surface area contributed by atoms with E-state index in [4.69, 9.17) is 0 Å². The molecule has 3 heterocycles. The summed E-state index contributed by atoms with van der Waals surface area (Å²) in [5.74, 6) is 1.53. The van der Waals surface area contributed by atoms with Gasteiger partial charge in [0.25, 0.3) is 5.91 Å². The molecule has 1 N–H and O–H groups in total. The third-order valence-electron chi connectivity index (χ3n) is 4.77. The molecule has 0 radical (unpaired) electrons. The van der Waals surface area contributed by atoms with Crippen LogP contribution in [0.3, 0.4) is 0 Å². The van der Waals surface area contributed by atoms with Crippen LogP contribution >= 0.6 is 0 Å². The molecular formula is C16H24N4O. The fourth-order valence-corrected chi connectivity index (χ4v) is 3.47. The van der Waals surface area contributed by atoms with Crippen LogP contribution in [0.2, 0.25) is 0 Å². The van der Waals surface area contributed by atoms with E-state index in [0.717, 1.165) is 56.8 Å². The lowest BCUT2D eigenvalue weighted by atomic mass is 10.0. The van der Waals surface area contributed by atoms with E-state index in [1.807, 2.05) is 30.9 Å². The van der Waals surface area contributed by atoms with E-state index in [1.54, 1.807) is 6.20 Å². The lowest BCUT2D eigenvalue weighted by Gasteiger charge is -2.22. The Hall–Kier alpha value is -1.62. The van der Waals surface area contributed by atoms with Crippen LogP contribution in [0.15, 0.2) is 18.3 Å². The van der Waals surface area contributed by atoms with Crippen molar-refractivity contribution in [3.8, 4) is 0 Å². The Labute approximate surface area is 126 Å². The minimum Gasteiger partial charge on any atom is -0.371 e. The lowest BCUT2D eigenvalue weighted by molar-refractivity contribution is 0.0767. The van der Waals surface area contributed by atoms with E-state index in [2.05, 4.69) is 15.2 Å². The average Bonchev–Trinajstić information content (AvgIpc) is 3.10. The SMILES string of the molecule is CCN(CC)C(=O)c1cc(N2CC3CNCC3C2)ccn1. The van der Waals surface area contributed by atoms with Crippen molar-refractivity contribution in [1.82, 2.24) is 15.2 Å². The summed E-state index contributed by atoms with van der Waals surface area (Å²) >= 11 is 0. The predicted molar refractivity (Wildman–Crippen MR) is 83.6 cm³/mol. The van der Waals surface area contributed by atoms with Gasteiger partial charge in [-0.05, 0) is 37.8 Å². The Morgan fingerprint density at radius 2 is 2.00 bits per heavy atom. The van der Waals surface area contributed by atoms with Gasteiger partial charge in [-0.1, -0.05) is 0 Å². The fraction of sp³-hybridized carbons (Fsp3) is 0.625. The maximum atomic E-state index is 12.4. The molecule has 0 bridgehead atoms. The first-order chi connectivity index (χ1) is 10.2. The molecule has 1 amide bonds. The number of rotatable bonds is 4. The standard InChI is InChI=1S/C16H24N4O/c1-3-19(4-2)16(21)15-7-14(5-6-18-15)20-10-12-8-17-9-13(12)11-20/h5-7,12-13,17H,3-4,8-11H2,1-2H3. The Morgan fingerprint density at radius 3 is 2.62 bits per heavy atom. The predicted octanol–water partition coefficient (Wildman–Crippen LogP) is 1.22. The number of carbonyl (C=O) groups excluding carboxylic acids is 1. The zero-order chi connectivity index (χ0) is 14.8. The van der Waals surface area contributed by atoms with Crippen molar-refractivity contribution >= 4 is 11.6 Å². The van der Waals surface area contributed by atoms with Gasteiger partial charge in [0.15, 0.2) is 0 Å². The summed E-state index contributed by atoms with van der Waals surface area (Å²) in [5, 5.41) is 3.46. The number of anilines is 1. The number of carbonyl (C=O) groups is 1. The Balaban J connectivity index is 1.76. The van der Waals surface area contributed by atoms with E-state index < -0.39 is 0 Å². The molecule has 0 spiro atoms. The molecule has 114 valence electrons. The molecule has 0 saturated carbocycles. The number of hydrogen-bond donors (Lipinski definition) is 1. The van der Waals surface area contributed by atoms with Gasteiger partial charge in [-0.2, -0.15) is 0 Å². The highest BCUT2D eigenvalue weighted by Crippen LogP contribution is 2.30. The van der Waals surface area contributed by atoms with Crippen molar-refractivity contribution in [1.29, 1.82) is 0 Å². The average molecular weight is 288 g/mol. The van der Waals surface area contributed by atoms with E-state index in [9.17, 15) is 4.79 Å². The molecule has 21 heavy (non-hydrogen) atoms. The molecule has 0 aliphatic carbocycles. The van der Waals surface area contributed by atoms with Gasteiger partial charge in [0.1, 0.15) is 5.69 Å². The fourth-order valence-electron chi connectivity index (χ4n) is 3.47. The molecule has 2 fully saturated rings. The van der Waals surface area contributed by atoms with E-state index in [-0.39, 0.29) is 5.91 Å². The van der Waals surface area contributed by atoms with Gasteiger partial charge in [0.2, 0.25) is 0 Å². The molecule has 2 aliphatic rings. The van der Waals surface area contributed by atoms with Crippen molar-refractivity contribution in [2.24, 2.45) is 11.8 Å². The summed E-state index contributed by atoms with van der Waals surface area (Å²) < 4.78 is 0. The van der Waals surface area contributed by atoms with Crippen LogP contribution in [0.4, 0.5) is 5.69 Å². The van der Waals surface area contributed by atoms with Gasteiger partial charge >= 0.3 is 0 Å². The third kappa shape index (κ3) is 2.75. The van der Waals surface area contributed by atoms with Crippen LogP contribution in [-0.2, 0) is 0 Å². The number of hydrogen-bond acceptors (Lipinski definition) is 4. The van der Waals surface area contributed by atoms with Gasteiger partial charge in [-0.15, -0.1) is 0 Å². The first-order valence-corrected chi connectivity index (χ1v) is 7.94. The van der Waals surface area contributed by atoms with Crippen LogP contribution < -0.4 is 10.2 Å². The molecule has 1 aromatic rings. The first kappa shape index (κ1) is 14.3. The Kier molecular flexibility index (Phi) is 4.10. The van der Waals surface area contributed by atoms with Gasteiger partial charge in [-0.3, -0.25) is 9.78 Å². The highest BCUT2D eigenvalue weighted by Gasteiger charge is 2.36. The number of pyridine rings is 1. The van der Waals surface area contributed by atoms with Crippen molar-refractivity contribution < 1.29 is 4.79 Å². The number of nitrogens with zero attached hydrogens (tertiary/aromatic N) is 3. The summed E-state index contributed by atoms with van der Waals surface area (Å²) in [7, 11) is 0. The summed E-state index contributed by atoms with van der Waals surface area (Å²) in [6.07, 6.45) is 1.76. The summed E-state index contributed by atoms with van der Waals surface area (Å²) in [4.78, 5) is 20.9. The first-order valence-electron chi connectivity index (χ1n) is 7.94. The monoisotopic (exact) mass is 288 g/mol. The molecule has 1 aromatic heterocycles. The third-order valence-corrected chi connectivity index (χ3v) is 4.77. The maximum absolute atomic E-state index is 12.4. The highest BCUT2D eigenvalue weighted by atomic mass is 16.2. The van der Waals surface area contributed by atoms with E-state index in [0.29, 0.717) is 5.69 Å². The maximum Gasteiger partial charge on any atom is 0.272 e. The van der Waals surface area contributed by atoms with E-state index >= 15 is 0 Å². The quantitative estimate of drug-likeness (QED) is 0.905. The van der Waals surface area contributed by atoms with Gasteiger partial charge in [-0.25, -0.2) is 0 Å². The van der Waals surface area contributed by atoms with Crippen LogP contribution in [-0.4, -0.2) is 55.1 Å². The van der Waals surface area contributed by atoms with Crippen LogP contribution in [0, 0.1) is 11.8 Å². The lowest BCUT2D eigenvalue weighted by Crippen LogP contribution is -2.31. The number of fused-ring (bicyclic) bond motifs is 1. The Morgan fingerprint density at radius 1 is 1.33 bits per heavy atom. The molecule has 2 aliphatic heterocycles. The van der Waals surface area contributed by atoms with E-state index in [1.165, 1.54) is 0 Å². The van der Waals surface area contributed by atoms with Crippen LogP contribution in [0.25, 0.3) is 0 Å². The normalized spacial score (nSPS) is 24.2. The molecule has 0 aromatic carbocycles. The topological polar surface area (TPSA) is 48.5 Å². The molecule has 5 heteroatoms. The summed E-state index contributed by atoms with van der Waals surface area (Å²) in [6.45, 7) is 9.86. The largest absolute Gasteiger partial charge is 0.371 e. The summed E-state index contributed by atoms with van der Waals surface area (Å²) in [6, 6.07) is 3.97. The van der Waals surface area contributed by atoms with Crippen LogP contribution in [0.5, 0.6) is 0 Å². The number of nitrogens with one attached hydrogen (secondary N) is 1. The zero-order valence-electron chi connectivity index (χ0n) is 12.9. The van der Waals surface area contributed by atoms with Gasteiger partial charge in [0.05, 0.1) is 0 Å². The number of amides is 1. The van der Waals surface area contributed by atoms with Crippen molar-refractivity contribution in [3.63, 3.8) is 0 Å². The Bertz CT molecular complexity index is 503. The second-order valence-corrected chi connectivity index (χ2v) is 5.96. The van der Waals surface area contributed by atoms with Crippen molar-refractivity contribution in [3.05, 3.63) is 24.0 Å². The molecular weight excluding hydrogens is 264 g/mol.